The van der Waals surface area contributed by atoms with Gasteiger partial charge in [0.25, 0.3) is 0 Å². The highest BCUT2D eigenvalue weighted by Crippen LogP contribution is 2.30. The van der Waals surface area contributed by atoms with E-state index in [2.05, 4.69) is 27.8 Å². The van der Waals surface area contributed by atoms with Crippen molar-refractivity contribution in [1.29, 1.82) is 0 Å². The molecular formula is C47H53N9O8. The summed E-state index contributed by atoms with van der Waals surface area (Å²) < 4.78 is 2.86. The molecule has 0 saturated carbocycles. The minimum absolute atomic E-state index is 0.0257. The Kier molecular flexibility index (Phi) is 14.0. The average molecular weight is 872 g/mol. The molecule has 1 aromatic heterocycles. The van der Waals surface area contributed by atoms with E-state index in [1.807, 2.05) is 60.7 Å². The second kappa shape index (κ2) is 20.0. The number of imidazole rings is 1. The van der Waals surface area contributed by atoms with Gasteiger partial charge in [0, 0.05) is 57.4 Å². The summed E-state index contributed by atoms with van der Waals surface area (Å²) in [5, 5.41) is 8.17. The summed E-state index contributed by atoms with van der Waals surface area (Å²) in [4.78, 5) is 107. The maximum absolute atomic E-state index is 14.0. The molecule has 0 aliphatic carbocycles. The molecule has 4 aromatic rings. The third-order valence-corrected chi connectivity index (χ3v) is 12.3. The number of carbonyl (C=O) groups excluding carboxylic acids is 7. The number of amides is 7. The second-order valence-electron chi connectivity index (χ2n) is 16.6. The molecule has 17 heteroatoms. The number of carbonyl (C=O) groups is 7. The summed E-state index contributed by atoms with van der Waals surface area (Å²) in [6.07, 6.45) is 2.49. The number of aromatic nitrogens is 2. The van der Waals surface area contributed by atoms with Gasteiger partial charge in [-0.25, -0.2) is 4.79 Å². The molecule has 0 bridgehead atoms. The highest BCUT2D eigenvalue weighted by molar-refractivity contribution is 6.00. The molecule has 17 nitrogen and oxygen atoms in total. The van der Waals surface area contributed by atoms with Crippen LogP contribution in [0.15, 0.2) is 83.7 Å². The molecule has 7 amide bonds. The Morgan fingerprint density at radius 1 is 0.859 bits per heavy atom. The topological polar surface area (TPSA) is 241 Å². The smallest absolute Gasteiger partial charge is 0.329 e. The molecule has 3 aromatic carbocycles. The summed E-state index contributed by atoms with van der Waals surface area (Å²) in [5.74, 6) is 3.03. The van der Waals surface area contributed by atoms with E-state index in [4.69, 9.17) is 11.5 Å². The van der Waals surface area contributed by atoms with Gasteiger partial charge in [-0.1, -0.05) is 72.5 Å². The van der Waals surface area contributed by atoms with E-state index < -0.39 is 59.7 Å². The van der Waals surface area contributed by atoms with Crippen molar-refractivity contribution >= 4 is 52.4 Å². The quantitative estimate of drug-likeness (QED) is 0.0741. The Morgan fingerprint density at radius 3 is 2.23 bits per heavy atom. The fourth-order valence-electron chi connectivity index (χ4n) is 8.92. The molecule has 3 aliphatic rings. The zero-order valence-corrected chi connectivity index (χ0v) is 35.7. The largest absolute Gasteiger partial charge is 0.370 e. The van der Waals surface area contributed by atoms with Crippen LogP contribution in [0.1, 0.15) is 93.0 Å². The van der Waals surface area contributed by atoms with Crippen molar-refractivity contribution in [3.05, 3.63) is 106 Å². The van der Waals surface area contributed by atoms with Gasteiger partial charge in [-0.05, 0) is 67.9 Å². The van der Waals surface area contributed by atoms with Crippen LogP contribution < -0.4 is 33.1 Å². The van der Waals surface area contributed by atoms with E-state index in [1.54, 1.807) is 30.1 Å². The van der Waals surface area contributed by atoms with Gasteiger partial charge < -0.3 is 31.9 Å². The van der Waals surface area contributed by atoms with Crippen LogP contribution in [-0.4, -0.2) is 97.5 Å². The number of piperidine rings is 1. The van der Waals surface area contributed by atoms with Crippen LogP contribution in [0.5, 0.6) is 0 Å². The van der Waals surface area contributed by atoms with Crippen LogP contribution in [0.2, 0.25) is 0 Å². The predicted octanol–water partition coefficient (Wildman–Crippen LogP) is 1.41. The standard InChI is InChI=1S/C47H53N9O8/c1-53-38-27-29(17-20-35(38)56(47(53)64)37-22-24-40(58)51-45(37)62)11-5-2-10-16-41(59)54-26-25-32-18-21-36(55(32)46(63)33(48)28-54)44(61)50-34(19-23-39(49)57)43(60)52-42(30-12-6-3-7-13-30)31-14-8-4-9-15-31/h3-4,6-9,12-15,17,20,27,32-34,36-37,42H,2,10,16,18-19,21-26,28,48H2,1H3,(H2,49,57)(H,50,61)(H,52,60)(H,51,58,62)/t32?,33-,34-,36-,37?/m0/s1. The van der Waals surface area contributed by atoms with Crippen molar-refractivity contribution < 1.29 is 33.6 Å². The van der Waals surface area contributed by atoms with Gasteiger partial charge >= 0.3 is 5.69 Å². The molecule has 64 heavy (non-hydrogen) atoms. The lowest BCUT2D eigenvalue weighted by Gasteiger charge is -2.37. The first-order valence-corrected chi connectivity index (χ1v) is 21.7. The number of hydrogen-bond donors (Lipinski definition) is 5. The molecule has 3 saturated heterocycles. The number of nitrogens with zero attached hydrogens (tertiary/aromatic N) is 4. The normalized spacial score (nSPS) is 20.4. The Labute approximate surface area is 369 Å². The number of fused-ring (bicyclic) bond motifs is 2. The maximum atomic E-state index is 14.0. The Hall–Kier alpha value is -7.06. The van der Waals surface area contributed by atoms with Gasteiger partial charge in [0.1, 0.15) is 24.2 Å². The molecule has 0 spiro atoms. The predicted molar refractivity (Wildman–Crippen MR) is 235 cm³/mol. The van der Waals surface area contributed by atoms with Crippen LogP contribution >= 0.6 is 0 Å². The average Bonchev–Trinajstić information content (AvgIpc) is 3.82. The Bertz CT molecular complexity index is 2520. The number of benzene rings is 3. The minimum Gasteiger partial charge on any atom is -0.370 e. The number of hydrogen-bond acceptors (Lipinski definition) is 9. The van der Waals surface area contributed by atoms with E-state index in [-0.39, 0.29) is 62.2 Å². The Morgan fingerprint density at radius 2 is 1.56 bits per heavy atom. The SMILES string of the molecule is Cn1c(=O)n(C2CCC(=O)NC2=O)c2ccc(C#CCCCC(=O)N3CCC4CC[C@@H](C(=O)N[C@@H](CCC(N)=O)C(=O)NC(c5ccccc5)c5ccccc5)N4C(=O)[C@@H](N)C3)cc21. The van der Waals surface area contributed by atoms with Crippen LogP contribution in [0.4, 0.5) is 0 Å². The number of unbranched alkanes of at least 4 members (excludes halogenated alkanes) is 1. The molecule has 3 fully saturated rings. The first-order chi connectivity index (χ1) is 30.8. The van der Waals surface area contributed by atoms with Crippen molar-refractivity contribution in [1.82, 2.24) is 34.9 Å². The number of nitrogens with two attached hydrogens (primary N) is 2. The van der Waals surface area contributed by atoms with Gasteiger partial charge in [-0.3, -0.25) is 48.0 Å². The molecule has 4 heterocycles. The maximum Gasteiger partial charge on any atom is 0.329 e. The third-order valence-electron chi connectivity index (χ3n) is 12.3. The fourth-order valence-corrected chi connectivity index (χ4v) is 8.92. The van der Waals surface area contributed by atoms with Crippen molar-refractivity contribution in [3.8, 4) is 11.8 Å². The highest BCUT2D eigenvalue weighted by atomic mass is 16.2. The molecule has 334 valence electrons. The summed E-state index contributed by atoms with van der Waals surface area (Å²) in [5.41, 5.74) is 15.0. The van der Waals surface area contributed by atoms with Crippen molar-refractivity contribution in [3.63, 3.8) is 0 Å². The van der Waals surface area contributed by atoms with Crippen molar-refractivity contribution in [2.45, 2.75) is 100 Å². The summed E-state index contributed by atoms with van der Waals surface area (Å²) >= 11 is 0. The molecule has 7 N–H and O–H groups in total. The molecular weight excluding hydrogens is 819 g/mol. The third kappa shape index (κ3) is 10.1. The van der Waals surface area contributed by atoms with E-state index in [0.29, 0.717) is 55.2 Å². The van der Waals surface area contributed by atoms with Crippen molar-refractivity contribution in [2.75, 3.05) is 13.1 Å². The van der Waals surface area contributed by atoms with Crippen LogP contribution in [0.3, 0.4) is 0 Å². The highest BCUT2D eigenvalue weighted by Gasteiger charge is 2.45. The molecule has 3 aliphatic heterocycles. The lowest BCUT2D eigenvalue weighted by Crippen LogP contribution is -2.60. The molecule has 0 radical (unpaired) electrons. The number of nitrogens with one attached hydrogen (secondary N) is 3. The lowest BCUT2D eigenvalue weighted by atomic mass is 9.98. The van der Waals surface area contributed by atoms with Gasteiger partial charge in [-0.2, -0.15) is 0 Å². The molecule has 2 unspecified atom stereocenters. The van der Waals surface area contributed by atoms with Crippen LogP contribution in [0.25, 0.3) is 11.0 Å². The number of aryl methyl sites for hydroxylation is 1. The number of rotatable bonds is 13. The zero-order chi connectivity index (χ0) is 45.5. The fraction of sp³-hybridized carbons (Fsp3) is 0.404. The molecule has 5 atom stereocenters. The van der Waals surface area contributed by atoms with Crippen LogP contribution in [0, 0.1) is 11.8 Å². The van der Waals surface area contributed by atoms with Crippen molar-refractivity contribution in [2.24, 2.45) is 18.5 Å². The first kappa shape index (κ1) is 45.0. The van der Waals surface area contributed by atoms with E-state index in [9.17, 15) is 38.4 Å². The van der Waals surface area contributed by atoms with Gasteiger partial charge in [0.2, 0.25) is 41.4 Å². The van der Waals surface area contributed by atoms with Gasteiger partial charge in [0.15, 0.2) is 0 Å². The summed E-state index contributed by atoms with van der Waals surface area (Å²) in [6, 6.07) is 19.2. The van der Waals surface area contributed by atoms with Gasteiger partial charge in [0.05, 0.1) is 17.1 Å². The number of primary amides is 1. The molecule has 7 rings (SSSR count). The Balaban J connectivity index is 0.942. The number of imide groups is 1. The van der Waals surface area contributed by atoms with Crippen LogP contribution in [-0.2, 0) is 40.6 Å². The zero-order valence-electron chi connectivity index (χ0n) is 35.7. The van der Waals surface area contributed by atoms with E-state index in [1.165, 1.54) is 14.0 Å². The minimum atomic E-state index is -1.12. The van der Waals surface area contributed by atoms with E-state index >= 15 is 0 Å². The summed E-state index contributed by atoms with van der Waals surface area (Å²) in [6.45, 7) is 0.310. The monoisotopic (exact) mass is 871 g/mol. The lowest BCUT2D eigenvalue weighted by molar-refractivity contribution is -0.145. The summed E-state index contributed by atoms with van der Waals surface area (Å²) in [7, 11) is 1.61. The van der Waals surface area contributed by atoms with Gasteiger partial charge in [-0.15, -0.1) is 0 Å². The first-order valence-electron chi connectivity index (χ1n) is 21.7. The second-order valence-corrected chi connectivity index (χ2v) is 16.6. The van der Waals surface area contributed by atoms with E-state index in [0.717, 1.165) is 11.1 Å².